The number of benzene rings is 2. The van der Waals surface area contributed by atoms with Gasteiger partial charge >= 0.3 is 11.8 Å². The predicted molar refractivity (Wildman–Crippen MR) is 117 cm³/mol. The number of halogens is 1. The molecule has 29 heavy (non-hydrogen) atoms. The fourth-order valence-corrected chi connectivity index (χ4v) is 3.12. The Balaban J connectivity index is 1.64. The highest BCUT2D eigenvalue weighted by atomic mass is 79.9. The van der Waals surface area contributed by atoms with Crippen molar-refractivity contribution in [2.45, 2.75) is 0 Å². The molecule has 3 rings (SSSR count). The van der Waals surface area contributed by atoms with E-state index in [4.69, 9.17) is 0 Å². The predicted octanol–water partition coefficient (Wildman–Crippen LogP) is 3.85. The summed E-state index contributed by atoms with van der Waals surface area (Å²) in [7, 11) is 0. The Labute approximate surface area is 179 Å². The summed E-state index contributed by atoms with van der Waals surface area (Å²) in [6, 6.07) is 17.1. The minimum absolute atomic E-state index is 0.212. The van der Waals surface area contributed by atoms with Crippen molar-refractivity contribution in [1.29, 1.82) is 0 Å². The molecular formula is C20H15BrN4O3S. The van der Waals surface area contributed by atoms with E-state index in [1.807, 2.05) is 17.5 Å². The number of para-hydroxylation sites is 1. The van der Waals surface area contributed by atoms with Crippen LogP contribution in [0.2, 0.25) is 0 Å². The summed E-state index contributed by atoms with van der Waals surface area (Å²) in [5.41, 5.74) is 3.19. The van der Waals surface area contributed by atoms with E-state index in [-0.39, 0.29) is 11.3 Å². The summed E-state index contributed by atoms with van der Waals surface area (Å²) in [5, 5.41) is 10.8. The highest BCUT2D eigenvalue weighted by Crippen LogP contribution is 2.19. The molecule has 0 spiro atoms. The Hall–Kier alpha value is -3.30. The number of carbonyl (C=O) groups excluding carboxylic acids is 3. The third kappa shape index (κ3) is 5.84. The van der Waals surface area contributed by atoms with Gasteiger partial charge in [-0.3, -0.25) is 14.4 Å². The number of hydrogen-bond acceptors (Lipinski definition) is 5. The molecule has 9 heteroatoms. The van der Waals surface area contributed by atoms with Gasteiger partial charge in [0.05, 0.1) is 17.5 Å². The topological polar surface area (TPSA) is 99.7 Å². The molecular weight excluding hydrogens is 456 g/mol. The number of hydrogen-bond donors (Lipinski definition) is 3. The first kappa shape index (κ1) is 20.4. The molecule has 0 radical (unpaired) electrons. The minimum atomic E-state index is -0.944. The van der Waals surface area contributed by atoms with E-state index in [0.29, 0.717) is 5.69 Å². The molecule has 3 N–H and O–H groups in total. The molecule has 2 aromatic carbocycles. The van der Waals surface area contributed by atoms with Gasteiger partial charge in [0.2, 0.25) is 0 Å². The van der Waals surface area contributed by atoms with Crippen molar-refractivity contribution in [2.75, 3.05) is 10.6 Å². The maximum atomic E-state index is 12.6. The summed E-state index contributed by atoms with van der Waals surface area (Å²) in [6.45, 7) is 0. The number of nitrogens with one attached hydrogen (secondary N) is 3. The zero-order chi connectivity index (χ0) is 20.6. The van der Waals surface area contributed by atoms with Crippen LogP contribution < -0.4 is 16.1 Å². The fourth-order valence-electron chi connectivity index (χ4n) is 2.27. The molecule has 0 aliphatic rings. The zero-order valence-corrected chi connectivity index (χ0v) is 17.3. The number of nitrogens with zero attached hydrogens (tertiary/aromatic N) is 1. The van der Waals surface area contributed by atoms with Gasteiger partial charge in [-0.1, -0.05) is 34.1 Å². The summed E-state index contributed by atoms with van der Waals surface area (Å²) in [4.78, 5) is 37.5. The Bertz CT molecular complexity index is 1050. The number of hydrazone groups is 1. The van der Waals surface area contributed by atoms with E-state index in [1.54, 1.807) is 42.5 Å². The fraction of sp³-hybridized carbons (Fsp3) is 0. The van der Waals surface area contributed by atoms with Crippen LogP contribution in [0.25, 0.3) is 0 Å². The van der Waals surface area contributed by atoms with Gasteiger partial charge in [-0.15, -0.1) is 11.3 Å². The largest absolute Gasteiger partial charge is 0.329 e. The summed E-state index contributed by atoms with van der Waals surface area (Å²) in [5.74, 6) is -2.29. The second kappa shape index (κ2) is 9.76. The lowest BCUT2D eigenvalue weighted by Crippen LogP contribution is -2.33. The number of anilines is 2. The first-order valence-electron chi connectivity index (χ1n) is 8.37. The maximum Gasteiger partial charge on any atom is 0.329 e. The number of rotatable bonds is 5. The van der Waals surface area contributed by atoms with Crippen molar-refractivity contribution in [3.63, 3.8) is 0 Å². The normalized spacial score (nSPS) is 10.5. The summed E-state index contributed by atoms with van der Waals surface area (Å²) < 4.78 is 0.885. The van der Waals surface area contributed by atoms with Crippen LogP contribution in [-0.2, 0) is 9.59 Å². The second-order valence-electron chi connectivity index (χ2n) is 5.68. The van der Waals surface area contributed by atoms with Gasteiger partial charge in [0.15, 0.2) is 0 Å². The van der Waals surface area contributed by atoms with Gasteiger partial charge < -0.3 is 10.6 Å². The first-order chi connectivity index (χ1) is 14.0. The third-order valence-electron chi connectivity index (χ3n) is 3.63. The van der Waals surface area contributed by atoms with E-state index >= 15 is 0 Å². The molecule has 0 saturated heterocycles. The van der Waals surface area contributed by atoms with Crippen LogP contribution in [0, 0.1) is 0 Å². The average molecular weight is 471 g/mol. The number of thiophene rings is 1. The Morgan fingerprint density at radius 1 is 0.897 bits per heavy atom. The summed E-state index contributed by atoms with van der Waals surface area (Å²) >= 11 is 4.77. The van der Waals surface area contributed by atoms with E-state index in [9.17, 15) is 14.4 Å². The number of carbonyl (C=O) groups is 3. The number of amides is 3. The van der Waals surface area contributed by atoms with Crippen LogP contribution in [-0.4, -0.2) is 23.9 Å². The van der Waals surface area contributed by atoms with E-state index in [1.165, 1.54) is 23.6 Å². The van der Waals surface area contributed by atoms with Crippen molar-refractivity contribution in [3.05, 3.63) is 81.0 Å². The minimum Gasteiger partial charge on any atom is -0.322 e. The van der Waals surface area contributed by atoms with Crippen LogP contribution in [0.4, 0.5) is 11.4 Å². The molecule has 0 saturated carbocycles. The Morgan fingerprint density at radius 3 is 2.38 bits per heavy atom. The zero-order valence-electron chi connectivity index (χ0n) is 14.9. The van der Waals surface area contributed by atoms with Crippen LogP contribution >= 0.6 is 27.3 Å². The van der Waals surface area contributed by atoms with Crippen LogP contribution in [0.3, 0.4) is 0 Å². The lowest BCUT2D eigenvalue weighted by Gasteiger charge is -2.11. The molecule has 0 atom stereocenters. The molecule has 1 aromatic heterocycles. The molecule has 0 bridgehead atoms. The van der Waals surface area contributed by atoms with Gasteiger partial charge in [0.25, 0.3) is 5.91 Å². The maximum absolute atomic E-state index is 12.6. The van der Waals surface area contributed by atoms with Gasteiger partial charge in [-0.05, 0) is 47.8 Å². The summed E-state index contributed by atoms with van der Waals surface area (Å²) in [6.07, 6.45) is 1.44. The van der Waals surface area contributed by atoms with Crippen molar-refractivity contribution >= 4 is 62.6 Å². The third-order valence-corrected chi connectivity index (χ3v) is 4.96. The Kier molecular flexibility index (Phi) is 6.88. The lowest BCUT2D eigenvalue weighted by atomic mass is 10.1. The molecule has 0 aliphatic heterocycles. The highest BCUT2D eigenvalue weighted by Gasteiger charge is 2.17. The first-order valence-corrected chi connectivity index (χ1v) is 10.0. The van der Waals surface area contributed by atoms with E-state index < -0.39 is 17.7 Å². The van der Waals surface area contributed by atoms with Crippen molar-refractivity contribution < 1.29 is 14.4 Å². The van der Waals surface area contributed by atoms with Crippen LogP contribution in [0.15, 0.2) is 75.6 Å². The quantitative estimate of drug-likeness (QED) is 0.300. The SMILES string of the molecule is O=C(N/N=C\c1cccs1)C(=O)Nc1ccccc1C(=O)Nc1ccc(Br)cc1. The van der Waals surface area contributed by atoms with Crippen LogP contribution in [0.1, 0.15) is 15.2 Å². The van der Waals surface area contributed by atoms with Crippen molar-refractivity contribution in [2.24, 2.45) is 5.10 Å². The molecule has 3 aromatic rings. The molecule has 0 aliphatic carbocycles. The van der Waals surface area contributed by atoms with Gasteiger partial charge in [0, 0.05) is 15.0 Å². The smallest absolute Gasteiger partial charge is 0.322 e. The molecule has 1 heterocycles. The van der Waals surface area contributed by atoms with Gasteiger partial charge in [-0.25, -0.2) is 5.43 Å². The van der Waals surface area contributed by atoms with Crippen molar-refractivity contribution in [1.82, 2.24) is 5.43 Å². The lowest BCUT2D eigenvalue weighted by molar-refractivity contribution is -0.136. The highest BCUT2D eigenvalue weighted by molar-refractivity contribution is 9.10. The van der Waals surface area contributed by atoms with E-state index in [2.05, 4.69) is 37.1 Å². The second-order valence-corrected chi connectivity index (χ2v) is 7.57. The monoisotopic (exact) mass is 470 g/mol. The molecule has 3 amide bonds. The molecule has 146 valence electrons. The Morgan fingerprint density at radius 2 is 1.66 bits per heavy atom. The van der Waals surface area contributed by atoms with E-state index in [0.717, 1.165) is 9.35 Å². The molecule has 7 nitrogen and oxygen atoms in total. The van der Waals surface area contributed by atoms with Crippen LogP contribution in [0.5, 0.6) is 0 Å². The molecule has 0 unspecified atom stereocenters. The van der Waals surface area contributed by atoms with Crippen molar-refractivity contribution in [3.8, 4) is 0 Å². The van der Waals surface area contributed by atoms with Gasteiger partial charge in [0.1, 0.15) is 0 Å². The molecule has 0 fully saturated rings. The standard InChI is InChI=1S/C20H15BrN4O3S/c21-13-7-9-14(10-8-13)23-18(26)16-5-1-2-6-17(16)24-19(27)20(28)25-22-12-15-4-3-11-29-15/h1-12H,(H,23,26)(H,24,27)(H,25,28)/b22-12-. The average Bonchev–Trinajstić information content (AvgIpc) is 3.23. The van der Waals surface area contributed by atoms with Gasteiger partial charge in [-0.2, -0.15) is 5.10 Å².